The van der Waals surface area contributed by atoms with E-state index in [1.165, 1.54) is 6.07 Å². The number of rotatable bonds is 1. The Bertz CT molecular complexity index is 607. The first-order valence-electron chi connectivity index (χ1n) is 4.61. The molecule has 0 radical (unpaired) electrons. The fourth-order valence-corrected chi connectivity index (χ4v) is 1.73. The number of aromatic nitrogens is 1. The van der Waals surface area contributed by atoms with Gasteiger partial charge in [0.25, 0.3) is 6.43 Å². The van der Waals surface area contributed by atoms with Crippen molar-refractivity contribution in [1.29, 1.82) is 0 Å². The number of hydrogen-bond acceptors (Lipinski definition) is 1. The van der Waals surface area contributed by atoms with Crippen molar-refractivity contribution in [2.24, 2.45) is 0 Å². The maximum absolute atomic E-state index is 12.5. The van der Waals surface area contributed by atoms with Crippen LogP contribution in [0.1, 0.15) is 17.7 Å². The van der Waals surface area contributed by atoms with E-state index in [4.69, 9.17) is 11.6 Å². The van der Waals surface area contributed by atoms with E-state index in [1.54, 1.807) is 13.0 Å². The van der Waals surface area contributed by atoms with Gasteiger partial charge in [0, 0.05) is 16.5 Å². The van der Waals surface area contributed by atoms with Gasteiger partial charge in [0.1, 0.15) is 0 Å². The number of aromatic amines is 1. The highest BCUT2D eigenvalue weighted by Gasteiger charge is 2.12. The van der Waals surface area contributed by atoms with Crippen molar-refractivity contribution >= 4 is 22.5 Å². The van der Waals surface area contributed by atoms with E-state index < -0.39 is 11.9 Å². The smallest absolute Gasteiger partial charge is 0.278 e. The Morgan fingerprint density at radius 3 is 2.69 bits per heavy atom. The monoisotopic (exact) mass is 243 g/mol. The van der Waals surface area contributed by atoms with Gasteiger partial charge in [-0.25, -0.2) is 8.78 Å². The molecule has 0 bridgehead atoms. The minimum Gasteiger partial charge on any atom is -0.353 e. The molecule has 1 heterocycles. The largest absolute Gasteiger partial charge is 0.353 e. The van der Waals surface area contributed by atoms with Gasteiger partial charge in [0.2, 0.25) is 0 Å². The molecular formula is C11H8ClF2NO. The van der Waals surface area contributed by atoms with Crippen molar-refractivity contribution in [3.8, 4) is 0 Å². The normalized spacial score (nSPS) is 11.3. The lowest BCUT2D eigenvalue weighted by Gasteiger charge is -2.06. The molecule has 1 aromatic heterocycles. The Morgan fingerprint density at radius 1 is 1.38 bits per heavy atom. The van der Waals surface area contributed by atoms with E-state index >= 15 is 0 Å². The van der Waals surface area contributed by atoms with Gasteiger partial charge in [-0.2, -0.15) is 0 Å². The predicted octanol–water partition coefficient (Wildman–Crippen LogP) is 3.43. The Morgan fingerprint density at radius 2 is 2.06 bits per heavy atom. The van der Waals surface area contributed by atoms with Crippen LogP contribution >= 0.6 is 11.6 Å². The van der Waals surface area contributed by atoms with Crippen LogP contribution in [0.5, 0.6) is 0 Å². The summed E-state index contributed by atoms with van der Waals surface area (Å²) in [5.41, 5.74) is 0.153. The van der Waals surface area contributed by atoms with E-state index in [1.807, 2.05) is 0 Å². The number of halogens is 3. The zero-order chi connectivity index (χ0) is 11.9. The average molecular weight is 244 g/mol. The average Bonchev–Trinajstić information content (AvgIpc) is 2.23. The first kappa shape index (κ1) is 11.1. The molecule has 2 aromatic rings. The molecule has 0 atom stereocenters. The number of alkyl halides is 2. The van der Waals surface area contributed by atoms with Crippen LogP contribution < -0.4 is 5.43 Å². The third kappa shape index (κ3) is 1.69. The third-order valence-electron chi connectivity index (χ3n) is 2.46. The minimum atomic E-state index is -2.70. The lowest BCUT2D eigenvalue weighted by molar-refractivity contribution is 0.146. The quantitative estimate of drug-likeness (QED) is 0.818. The Labute approximate surface area is 94.9 Å². The van der Waals surface area contributed by atoms with Crippen LogP contribution in [-0.2, 0) is 0 Å². The van der Waals surface area contributed by atoms with Crippen molar-refractivity contribution in [2.45, 2.75) is 13.3 Å². The van der Waals surface area contributed by atoms with Gasteiger partial charge >= 0.3 is 0 Å². The highest BCUT2D eigenvalue weighted by atomic mass is 35.5. The van der Waals surface area contributed by atoms with Crippen molar-refractivity contribution in [3.05, 3.63) is 44.7 Å². The number of pyridine rings is 1. The molecule has 5 heteroatoms. The first-order chi connectivity index (χ1) is 7.50. The molecule has 1 aromatic carbocycles. The number of fused-ring (bicyclic) bond motifs is 1. The zero-order valence-corrected chi connectivity index (χ0v) is 9.11. The summed E-state index contributed by atoms with van der Waals surface area (Å²) in [6.45, 7) is 1.68. The lowest BCUT2D eigenvalue weighted by atomic mass is 10.1. The van der Waals surface area contributed by atoms with Crippen molar-refractivity contribution in [3.63, 3.8) is 0 Å². The van der Waals surface area contributed by atoms with Crippen LogP contribution in [0.15, 0.2) is 23.0 Å². The molecule has 0 saturated carbocycles. The van der Waals surface area contributed by atoms with Crippen molar-refractivity contribution < 1.29 is 8.78 Å². The van der Waals surface area contributed by atoms with Gasteiger partial charge in [-0.05, 0) is 24.6 Å². The second kappa shape index (κ2) is 3.87. The molecule has 0 aliphatic heterocycles. The van der Waals surface area contributed by atoms with Gasteiger partial charge in [-0.3, -0.25) is 4.79 Å². The standard InChI is InChI=1S/C11H8ClF2NO/c1-5-7(12)3-2-6-9(16)4-8(11(13)14)15-10(5)6/h2-4,11H,1H3,(H,15,16). The molecule has 2 rings (SSSR count). The van der Waals surface area contributed by atoms with Crippen LogP contribution in [0, 0.1) is 6.92 Å². The van der Waals surface area contributed by atoms with E-state index in [0.717, 1.165) is 6.07 Å². The summed E-state index contributed by atoms with van der Waals surface area (Å²) in [7, 11) is 0. The van der Waals surface area contributed by atoms with E-state index in [0.29, 0.717) is 21.5 Å². The fourth-order valence-electron chi connectivity index (χ4n) is 1.57. The Kier molecular flexibility index (Phi) is 2.68. The Hall–Kier alpha value is -1.42. The van der Waals surface area contributed by atoms with Crippen LogP contribution in [-0.4, -0.2) is 4.98 Å². The van der Waals surface area contributed by atoms with E-state index in [2.05, 4.69) is 4.98 Å². The summed E-state index contributed by atoms with van der Waals surface area (Å²) < 4.78 is 25.0. The lowest BCUT2D eigenvalue weighted by Crippen LogP contribution is -2.06. The van der Waals surface area contributed by atoms with Gasteiger partial charge in [0.05, 0.1) is 11.2 Å². The number of nitrogens with one attached hydrogen (secondary N) is 1. The third-order valence-corrected chi connectivity index (χ3v) is 2.86. The molecule has 0 spiro atoms. The second-order valence-electron chi connectivity index (χ2n) is 3.48. The van der Waals surface area contributed by atoms with Crippen molar-refractivity contribution in [2.75, 3.05) is 0 Å². The summed E-state index contributed by atoms with van der Waals surface area (Å²) in [5.74, 6) is 0. The number of H-pyrrole nitrogens is 1. The summed E-state index contributed by atoms with van der Waals surface area (Å²) in [6.07, 6.45) is -2.70. The van der Waals surface area contributed by atoms with Gasteiger partial charge in [-0.1, -0.05) is 11.6 Å². The molecule has 0 aliphatic rings. The molecule has 16 heavy (non-hydrogen) atoms. The van der Waals surface area contributed by atoms with Crippen LogP contribution in [0.25, 0.3) is 10.9 Å². The van der Waals surface area contributed by atoms with Gasteiger partial charge < -0.3 is 4.98 Å². The van der Waals surface area contributed by atoms with Crippen molar-refractivity contribution in [1.82, 2.24) is 4.98 Å². The van der Waals surface area contributed by atoms with Crippen LogP contribution in [0.4, 0.5) is 8.78 Å². The maximum Gasteiger partial charge on any atom is 0.278 e. The molecule has 0 unspecified atom stereocenters. The summed E-state index contributed by atoms with van der Waals surface area (Å²) >= 11 is 5.86. The number of aryl methyl sites for hydroxylation is 1. The molecule has 0 amide bonds. The highest BCUT2D eigenvalue weighted by Crippen LogP contribution is 2.24. The summed E-state index contributed by atoms with van der Waals surface area (Å²) in [6, 6.07) is 4.02. The molecular weight excluding hydrogens is 236 g/mol. The van der Waals surface area contributed by atoms with Crippen LogP contribution in [0.2, 0.25) is 5.02 Å². The second-order valence-corrected chi connectivity index (χ2v) is 3.89. The van der Waals surface area contributed by atoms with E-state index in [-0.39, 0.29) is 5.69 Å². The zero-order valence-electron chi connectivity index (χ0n) is 8.35. The maximum atomic E-state index is 12.5. The number of benzene rings is 1. The van der Waals surface area contributed by atoms with Gasteiger partial charge in [0.15, 0.2) is 5.43 Å². The molecule has 0 aliphatic carbocycles. The molecule has 2 nitrogen and oxygen atoms in total. The summed E-state index contributed by atoms with van der Waals surface area (Å²) in [5, 5.41) is 0.806. The molecule has 0 saturated heterocycles. The SMILES string of the molecule is Cc1c(Cl)ccc2c(=O)cc(C(F)F)[nH]c12. The predicted molar refractivity (Wildman–Crippen MR) is 59.3 cm³/mol. The molecule has 0 fully saturated rings. The minimum absolute atomic E-state index is 0.367. The molecule has 84 valence electrons. The number of hydrogen-bond donors (Lipinski definition) is 1. The Balaban J connectivity index is 2.89. The fraction of sp³-hybridized carbons (Fsp3) is 0.182. The highest BCUT2D eigenvalue weighted by molar-refractivity contribution is 6.32. The van der Waals surface area contributed by atoms with Gasteiger partial charge in [-0.15, -0.1) is 0 Å². The first-order valence-corrected chi connectivity index (χ1v) is 4.98. The molecule has 1 N–H and O–H groups in total. The topological polar surface area (TPSA) is 32.9 Å². The van der Waals surface area contributed by atoms with E-state index in [9.17, 15) is 13.6 Å². The summed E-state index contributed by atoms with van der Waals surface area (Å²) in [4.78, 5) is 14.1. The van der Waals surface area contributed by atoms with Crippen LogP contribution in [0.3, 0.4) is 0 Å².